The summed E-state index contributed by atoms with van der Waals surface area (Å²) in [6, 6.07) is 9.51. The molecule has 5 heteroatoms. The zero-order valence-electron chi connectivity index (χ0n) is 13.5. The number of carbonyl (C=O) groups excluding carboxylic acids is 1. The molecule has 0 saturated carbocycles. The van der Waals surface area contributed by atoms with Gasteiger partial charge in [-0.25, -0.2) is 0 Å². The Morgan fingerprint density at radius 1 is 1.32 bits per heavy atom. The quantitative estimate of drug-likeness (QED) is 0.884. The molecule has 1 aromatic heterocycles. The fourth-order valence-corrected chi connectivity index (χ4v) is 1.96. The average molecular weight is 302 g/mol. The van der Waals surface area contributed by atoms with E-state index in [2.05, 4.69) is 31.2 Å². The van der Waals surface area contributed by atoms with E-state index >= 15 is 0 Å². The molecule has 2 aromatic rings. The van der Waals surface area contributed by atoms with Crippen LogP contribution in [0.1, 0.15) is 38.5 Å². The number of nitrogens with zero attached hydrogens (tertiary/aromatic N) is 1. The Morgan fingerprint density at radius 3 is 2.55 bits per heavy atom. The van der Waals surface area contributed by atoms with Crippen molar-refractivity contribution < 1.29 is 14.1 Å². The maximum Gasteiger partial charge on any atom is 0.263 e. The first-order chi connectivity index (χ1) is 10.4. The molecule has 5 nitrogen and oxygen atoms in total. The highest BCUT2D eigenvalue weighted by Crippen LogP contribution is 2.27. The number of aromatic nitrogens is 1. The molecule has 0 unspecified atom stereocenters. The molecule has 1 N–H and O–H groups in total. The maximum atomic E-state index is 11.7. The number of ether oxygens (including phenoxy) is 1. The number of hydrogen-bond acceptors (Lipinski definition) is 4. The number of benzene rings is 1. The van der Waals surface area contributed by atoms with Crippen molar-refractivity contribution in [2.45, 2.75) is 39.5 Å². The van der Waals surface area contributed by atoms with Gasteiger partial charge in [-0.3, -0.25) is 4.79 Å². The Hall–Kier alpha value is -2.30. The highest BCUT2D eigenvalue weighted by molar-refractivity contribution is 5.90. The number of amides is 1. The summed E-state index contributed by atoms with van der Waals surface area (Å²) in [6.45, 7) is 8.27. The van der Waals surface area contributed by atoms with Crippen molar-refractivity contribution in [2.24, 2.45) is 0 Å². The van der Waals surface area contributed by atoms with Gasteiger partial charge in [0.15, 0.2) is 12.4 Å². The molecule has 0 aliphatic rings. The minimum absolute atomic E-state index is 0.0670. The third-order valence-corrected chi connectivity index (χ3v) is 3.79. The van der Waals surface area contributed by atoms with E-state index < -0.39 is 0 Å². The second kappa shape index (κ2) is 6.64. The molecule has 0 fully saturated rings. The van der Waals surface area contributed by atoms with Crippen molar-refractivity contribution in [1.82, 2.24) is 5.16 Å². The van der Waals surface area contributed by atoms with Gasteiger partial charge in [0, 0.05) is 6.07 Å². The predicted molar refractivity (Wildman–Crippen MR) is 85.1 cm³/mol. The summed E-state index contributed by atoms with van der Waals surface area (Å²) < 4.78 is 10.4. The van der Waals surface area contributed by atoms with Gasteiger partial charge in [0.05, 0.1) is 0 Å². The van der Waals surface area contributed by atoms with E-state index in [1.807, 2.05) is 24.3 Å². The van der Waals surface area contributed by atoms with Crippen LogP contribution in [0.3, 0.4) is 0 Å². The zero-order chi connectivity index (χ0) is 16.2. The van der Waals surface area contributed by atoms with Crippen LogP contribution < -0.4 is 10.1 Å². The van der Waals surface area contributed by atoms with Gasteiger partial charge in [-0.1, -0.05) is 38.1 Å². The van der Waals surface area contributed by atoms with E-state index in [9.17, 15) is 4.79 Å². The molecule has 1 heterocycles. The highest BCUT2D eigenvalue weighted by atomic mass is 16.5. The lowest BCUT2D eigenvalue weighted by molar-refractivity contribution is -0.118. The number of anilines is 1. The van der Waals surface area contributed by atoms with Crippen LogP contribution in [-0.2, 0) is 10.2 Å². The standard InChI is InChI=1S/C17H22N2O3/c1-5-17(3,4)13-6-8-14(9-7-13)21-11-16(20)18-15-10-12(2)22-19-15/h6-10H,5,11H2,1-4H3,(H,18,19,20). The van der Waals surface area contributed by atoms with Crippen LogP contribution in [0.4, 0.5) is 5.82 Å². The zero-order valence-corrected chi connectivity index (χ0v) is 13.5. The van der Waals surface area contributed by atoms with Gasteiger partial charge >= 0.3 is 0 Å². The molecule has 0 atom stereocenters. The Labute approximate surface area is 130 Å². The molecule has 1 aromatic carbocycles. The van der Waals surface area contributed by atoms with Crippen molar-refractivity contribution in [3.63, 3.8) is 0 Å². The van der Waals surface area contributed by atoms with E-state index in [1.165, 1.54) is 5.56 Å². The summed E-state index contributed by atoms with van der Waals surface area (Å²) in [6.07, 6.45) is 1.06. The van der Waals surface area contributed by atoms with Crippen LogP contribution in [0.25, 0.3) is 0 Å². The minimum atomic E-state index is -0.272. The molecule has 0 spiro atoms. The van der Waals surface area contributed by atoms with E-state index in [0.29, 0.717) is 17.3 Å². The summed E-state index contributed by atoms with van der Waals surface area (Å²) in [5.74, 6) is 1.44. The lowest BCUT2D eigenvalue weighted by Crippen LogP contribution is -2.20. The van der Waals surface area contributed by atoms with Crippen LogP contribution in [0, 0.1) is 6.92 Å². The first kappa shape index (κ1) is 16.1. The molecule has 22 heavy (non-hydrogen) atoms. The topological polar surface area (TPSA) is 64.4 Å². The molecule has 2 rings (SSSR count). The van der Waals surface area contributed by atoms with Crippen LogP contribution in [0.5, 0.6) is 5.75 Å². The Bertz CT molecular complexity index is 630. The van der Waals surface area contributed by atoms with Gasteiger partial charge in [-0.2, -0.15) is 0 Å². The number of hydrogen-bond donors (Lipinski definition) is 1. The van der Waals surface area contributed by atoms with Crippen LogP contribution >= 0.6 is 0 Å². The third kappa shape index (κ3) is 4.10. The molecule has 0 saturated heterocycles. The monoisotopic (exact) mass is 302 g/mol. The first-order valence-electron chi connectivity index (χ1n) is 7.37. The lowest BCUT2D eigenvalue weighted by Gasteiger charge is -2.23. The third-order valence-electron chi connectivity index (χ3n) is 3.79. The normalized spacial score (nSPS) is 11.3. The van der Waals surface area contributed by atoms with Gasteiger partial charge in [0.2, 0.25) is 0 Å². The van der Waals surface area contributed by atoms with Gasteiger partial charge in [0.25, 0.3) is 5.91 Å². The predicted octanol–water partition coefficient (Wildman–Crippen LogP) is 3.69. The van der Waals surface area contributed by atoms with Gasteiger partial charge in [-0.05, 0) is 36.5 Å². The molecular weight excluding hydrogens is 280 g/mol. The number of carbonyl (C=O) groups is 1. The largest absolute Gasteiger partial charge is 0.484 e. The van der Waals surface area contributed by atoms with Crippen LogP contribution in [-0.4, -0.2) is 17.7 Å². The molecule has 0 aliphatic carbocycles. The van der Waals surface area contributed by atoms with Crippen molar-refractivity contribution >= 4 is 11.7 Å². The van der Waals surface area contributed by atoms with Crippen LogP contribution in [0.15, 0.2) is 34.9 Å². The number of nitrogens with one attached hydrogen (secondary N) is 1. The van der Waals surface area contributed by atoms with Gasteiger partial charge < -0.3 is 14.6 Å². The van der Waals surface area contributed by atoms with Gasteiger partial charge in [-0.15, -0.1) is 0 Å². The van der Waals surface area contributed by atoms with Gasteiger partial charge in [0.1, 0.15) is 11.5 Å². The SMILES string of the molecule is CCC(C)(C)c1ccc(OCC(=O)Nc2cc(C)on2)cc1. The van der Waals surface area contributed by atoms with Crippen LogP contribution in [0.2, 0.25) is 0 Å². The Balaban J connectivity index is 1.87. The summed E-state index contributed by atoms with van der Waals surface area (Å²) in [5, 5.41) is 6.31. The van der Waals surface area contributed by atoms with E-state index in [1.54, 1.807) is 13.0 Å². The Morgan fingerprint density at radius 2 is 2.00 bits per heavy atom. The van der Waals surface area contributed by atoms with E-state index in [0.717, 1.165) is 6.42 Å². The Kier molecular flexibility index (Phi) is 4.85. The van der Waals surface area contributed by atoms with Crippen molar-refractivity contribution in [3.05, 3.63) is 41.7 Å². The second-order valence-corrected chi connectivity index (χ2v) is 5.92. The minimum Gasteiger partial charge on any atom is -0.484 e. The van der Waals surface area contributed by atoms with Crippen molar-refractivity contribution in [1.29, 1.82) is 0 Å². The summed E-state index contributed by atoms with van der Waals surface area (Å²) in [4.78, 5) is 11.7. The van der Waals surface area contributed by atoms with E-state index in [4.69, 9.17) is 9.26 Å². The average Bonchev–Trinajstić information content (AvgIpc) is 2.90. The first-order valence-corrected chi connectivity index (χ1v) is 7.37. The number of rotatable bonds is 6. The highest BCUT2D eigenvalue weighted by Gasteiger charge is 2.17. The van der Waals surface area contributed by atoms with Crippen molar-refractivity contribution in [2.75, 3.05) is 11.9 Å². The summed E-state index contributed by atoms with van der Waals surface area (Å²) in [5.41, 5.74) is 1.39. The second-order valence-electron chi connectivity index (χ2n) is 5.92. The molecule has 0 aliphatic heterocycles. The smallest absolute Gasteiger partial charge is 0.263 e. The maximum absolute atomic E-state index is 11.7. The fourth-order valence-electron chi connectivity index (χ4n) is 1.96. The summed E-state index contributed by atoms with van der Waals surface area (Å²) >= 11 is 0. The lowest BCUT2D eigenvalue weighted by atomic mass is 9.82. The molecule has 118 valence electrons. The molecular formula is C17H22N2O3. The molecule has 0 radical (unpaired) electrons. The molecule has 0 bridgehead atoms. The number of aryl methyl sites for hydroxylation is 1. The summed E-state index contributed by atoms with van der Waals surface area (Å²) in [7, 11) is 0. The van der Waals surface area contributed by atoms with E-state index in [-0.39, 0.29) is 17.9 Å². The van der Waals surface area contributed by atoms with Crippen molar-refractivity contribution in [3.8, 4) is 5.75 Å². The molecule has 1 amide bonds. The fraction of sp³-hybridized carbons (Fsp3) is 0.412.